The van der Waals surface area contributed by atoms with Gasteiger partial charge in [-0.1, -0.05) is 28.1 Å². The van der Waals surface area contributed by atoms with Crippen molar-refractivity contribution < 1.29 is 4.74 Å². The summed E-state index contributed by atoms with van der Waals surface area (Å²) in [6.07, 6.45) is 3.47. The molecule has 24 heavy (non-hydrogen) atoms. The van der Waals surface area contributed by atoms with E-state index in [4.69, 9.17) is 4.74 Å². The van der Waals surface area contributed by atoms with Gasteiger partial charge in [-0.15, -0.1) is 0 Å². The number of ether oxygens (including phenoxy) is 1. The van der Waals surface area contributed by atoms with Crippen LogP contribution in [0.5, 0.6) is 11.6 Å². The molecule has 0 aliphatic rings. The van der Waals surface area contributed by atoms with Crippen LogP contribution in [0.4, 0.5) is 0 Å². The van der Waals surface area contributed by atoms with Crippen LogP contribution in [-0.2, 0) is 0 Å². The third-order valence-electron chi connectivity index (χ3n) is 3.52. The molecule has 0 atom stereocenters. The molecule has 0 spiro atoms. The van der Waals surface area contributed by atoms with Gasteiger partial charge in [-0.3, -0.25) is 4.98 Å². The lowest BCUT2D eigenvalue weighted by Crippen LogP contribution is -1.96. The molecule has 2 aromatic heterocycles. The quantitative estimate of drug-likeness (QED) is 0.489. The fourth-order valence-corrected chi connectivity index (χ4v) is 2.63. The highest BCUT2D eigenvalue weighted by atomic mass is 79.9. The Kier molecular flexibility index (Phi) is 3.92. The SMILES string of the molecule is Brc1ccc(Oc2nc(-c3cccnc3)nc3ccccc23)cc1. The van der Waals surface area contributed by atoms with Crippen molar-refractivity contribution >= 4 is 26.8 Å². The predicted octanol–water partition coefficient (Wildman–Crippen LogP) is 5.25. The molecule has 0 unspecified atom stereocenters. The molecule has 4 rings (SSSR count). The number of pyridine rings is 1. The number of rotatable bonds is 3. The molecule has 5 heteroatoms. The molecule has 116 valence electrons. The van der Waals surface area contributed by atoms with Gasteiger partial charge in [-0.25, -0.2) is 4.98 Å². The molecular formula is C19H12BrN3O. The van der Waals surface area contributed by atoms with Crippen molar-refractivity contribution in [1.82, 2.24) is 15.0 Å². The molecule has 0 radical (unpaired) electrons. The van der Waals surface area contributed by atoms with Crippen LogP contribution in [0.1, 0.15) is 0 Å². The monoisotopic (exact) mass is 377 g/mol. The summed E-state index contributed by atoms with van der Waals surface area (Å²) in [7, 11) is 0. The number of aromatic nitrogens is 3. The van der Waals surface area contributed by atoms with Gasteiger partial charge in [0.15, 0.2) is 5.82 Å². The van der Waals surface area contributed by atoms with Gasteiger partial charge in [0, 0.05) is 22.4 Å². The van der Waals surface area contributed by atoms with Gasteiger partial charge in [0.05, 0.1) is 10.9 Å². The minimum atomic E-state index is 0.529. The van der Waals surface area contributed by atoms with Crippen molar-refractivity contribution in [2.75, 3.05) is 0 Å². The van der Waals surface area contributed by atoms with Crippen LogP contribution in [-0.4, -0.2) is 15.0 Å². The lowest BCUT2D eigenvalue weighted by atomic mass is 10.2. The summed E-state index contributed by atoms with van der Waals surface area (Å²) in [4.78, 5) is 13.4. The van der Waals surface area contributed by atoms with E-state index < -0.39 is 0 Å². The number of para-hydroxylation sites is 1. The first kappa shape index (κ1) is 14.8. The molecular weight excluding hydrogens is 366 g/mol. The summed E-state index contributed by atoms with van der Waals surface area (Å²) in [5.41, 5.74) is 1.68. The summed E-state index contributed by atoms with van der Waals surface area (Å²) in [5, 5.41) is 0.869. The van der Waals surface area contributed by atoms with E-state index in [9.17, 15) is 0 Å². The van der Waals surface area contributed by atoms with Gasteiger partial charge in [0.1, 0.15) is 5.75 Å². The Bertz CT molecular complexity index is 988. The van der Waals surface area contributed by atoms with Gasteiger partial charge in [0.2, 0.25) is 5.88 Å². The normalized spacial score (nSPS) is 10.7. The average Bonchev–Trinajstić information content (AvgIpc) is 2.64. The second-order valence-electron chi connectivity index (χ2n) is 5.17. The van der Waals surface area contributed by atoms with E-state index in [1.807, 2.05) is 60.7 Å². The summed E-state index contributed by atoms with van der Waals surface area (Å²) in [5.74, 6) is 1.84. The Balaban J connectivity index is 1.85. The van der Waals surface area contributed by atoms with Crippen molar-refractivity contribution in [3.63, 3.8) is 0 Å². The predicted molar refractivity (Wildman–Crippen MR) is 97.0 cm³/mol. The number of hydrogen-bond acceptors (Lipinski definition) is 4. The maximum Gasteiger partial charge on any atom is 0.230 e. The van der Waals surface area contributed by atoms with E-state index >= 15 is 0 Å². The molecule has 0 saturated heterocycles. The second-order valence-corrected chi connectivity index (χ2v) is 6.08. The average molecular weight is 378 g/mol. The molecule has 0 saturated carbocycles. The molecule has 4 nitrogen and oxygen atoms in total. The van der Waals surface area contributed by atoms with Crippen molar-refractivity contribution in [2.24, 2.45) is 0 Å². The van der Waals surface area contributed by atoms with Crippen LogP contribution in [0, 0.1) is 0 Å². The van der Waals surface area contributed by atoms with Gasteiger partial charge < -0.3 is 4.74 Å². The summed E-state index contributed by atoms with van der Waals surface area (Å²) >= 11 is 3.42. The molecule has 0 amide bonds. The first-order valence-electron chi connectivity index (χ1n) is 7.40. The Morgan fingerprint density at radius 2 is 1.67 bits per heavy atom. The zero-order valence-electron chi connectivity index (χ0n) is 12.6. The van der Waals surface area contributed by atoms with Crippen LogP contribution >= 0.6 is 15.9 Å². The van der Waals surface area contributed by atoms with Crippen LogP contribution in [0.3, 0.4) is 0 Å². The van der Waals surface area contributed by atoms with Crippen molar-refractivity contribution in [1.29, 1.82) is 0 Å². The Labute approximate surface area is 147 Å². The third-order valence-corrected chi connectivity index (χ3v) is 4.04. The Morgan fingerprint density at radius 3 is 2.46 bits per heavy atom. The maximum absolute atomic E-state index is 6.02. The van der Waals surface area contributed by atoms with Crippen molar-refractivity contribution in [3.8, 4) is 23.0 Å². The van der Waals surface area contributed by atoms with E-state index in [0.29, 0.717) is 11.7 Å². The molecule has 0 aliphatic carbocycles. The number of nitrogens with zero attached hydrogens (tertiary/aromatic N) is 3. The highest BCUT2D eigenvalue weighted by molar-refractivity contribution is 9.10. The number of hydrogen-bond donors (Lipinski definition) is 0. The zero-order valence-corrected chi connectivity index (χ0v) is 14.1. The fourth-order valence-electron chi connectivity index (χ4n) is 2.36. The molecule has 0 bridgehead atoms. The van der Waals surface area contributed by atoms with E-state index in [2.05, 4.69) is 30.9 Å². The van der Waals surface area contributed by atoms with Crippen LogP contribution in [0.15, 0.2) is 77.5 Å². The smallest absolute Gasteiger partial charge is 0.230 e. The summed E-state index contributed by atoms with van der Waals surface area (Å²) in [6, 6.07) is 19.2. The summed E-state index contributed by atoms with van der Waals surface area (Å²) in [6.45, 7) is 0. The van der Waals surface area contributed by atoms with Crippen LogP contribution < -0.4 is 4.74 Å². The van der Waals surface area contributed by atoms with Gasteiger partial charge in [0.25, 0.3) is 0 Å². The minimum Gasteiger partial charge on any atom is -0.438 e. The second kappa shape index (κ2) is 6.37. The molecule has 2 aromatic carbocycles. The topological polar surface area (TPSA) is 47.9 Å². The summed E-state index contributed by atoms with van der Waals surface area (Å²) < 4.78 is 7.01. The van der Waals surface area contributed by atoms with Crippen molar-refractivity contribution in [3.05, 3.63) is 77.5 Å². The molecule has 0 fully saturated rings. The first-order valence-corrected chi connectivity index (χ1v) is 8.19. The van der Waals surface area contributed by atoms with Gasteiger partial charge in [-0.05, 0) is 48.5 Å². The highest BCUT2D eigenvalue weighted by Crippen LogP contribution is 2.30. The third kappa shape index (κ3) is 2.98. The maximum atomic E-state index is 6.02. The van der Waals surface area contributed by atoms with E-state index in [1.165, 1.54) is 0 Å². The number of halogens is 1. The first-order chi connectivity index (χ1) is 11.8. The largest absolute Gasteiger partial charge is 0.438 e. The van der Waals surface area contributed by atoms with Crippen molar-refractivity contribution in [2.45, 2.75) is 0 Å². The molecule has 4 aromatic rings. The minimum absolute atomic E-state index is 0.529. The lowest BCUT2D eigenvalue weighted by molar-refractivity contribution is 0.469. The number of benzene rings is 2. The standard InChI is InChI=1S/C19H12BrN3O/c20-14-7-9-15(10-8-14)24-19-16-5-1-2-6-17(16)22-18(23-19)13-4-3-11-21-12-13/h1-12H. The Morgan fingerprint density at radius 1 is 0.833 bits per heavy atom. The Hall–Kier alpha value is -2.79. The molecule has 0 N–H and O–H groups in total. The fraction of sp³-hybridized carbons (Fsp3) is 0. The van der Waals surface area contributed by atoms with E-state index in [-0.39, 0.29) is 0 Å². The van der Waals surface area contributed by atoms with E-state index in [0.717, 1.165) is 26.7 Å². The van der Waals surface area contributed by atoms with Crippen LogP contribution in [0.2, 0.25) is 0 Å². The van der Waals surface area contributed by atoms with Gasteiger partial charge in [-0.2, -0.15) is 4.98 Å². The lowest BCUT2D eigenvalue weighted by Gasteiger charge is -2.10. The molecule has 2 heterocycles. The van der Waals surface area contributed by atoms with E-state index in [1.54, 1.807) is 12.4 Å². The highest BCUT2D eigenvalue weighted by Gasteiger charge is 2.11. The number of fused-ring (bicyclic) bond motifs is 1. The zero-order chi connectivity index (χ0) is 16.4. The van der Waals surface area contributed by atoms with Crippen LogP contribution in [0.25, 0.3) is 22.3 Å². The van der Waals surface area contributed by atoms with Gasteiger partial charge >= 0.3 is 0 Å². The molecule has 0 aliphatic heterocycles.